The summed E-state index contributed by atoms with van der Waals surface area (Å²) in [6, 6.07) is 5.03. The van der Waals surface area contributed by atoms with Gasteiger partial charge in [-0.3, -0.25) is 19.5 Å². The van der Waals surface area contributed by atoms with E-state index in [0.29, 0.717) is 17.6 Å². The Morgan fingerprint density at radius 1 is 1.39 bits per heavy atom. The van der Waals surface area contributed by atoms with Crippen LogP contribution in [0.1, 0.15) is 13.8 Å². The largest absolute Gasteiger partial charge is 0.447 e. The lowest BCUT2D eigenvalue weighted by molar-refractivity contribution is 0.152. The van der Waals surface area contributed by atoms with Crippen LogP contribution >= 0.6 is 0 Å². The molecule has 1 aromatic heterocycles. The number of nitrogens with one attached hydrogen (secondary N) is 1. The average Bonchev–Trinajstić information content (AvgIpc) is 2.75. The Balaban J connectivity index is 2.34. The minimum atomic E-state index is -0.747. The predicted octanol–water partition coefficient (Wildman–Crippen LogP) is 2.82. The number of hydrogen-bond acceptors (Lipinski definition) is 3. The summed E-state index contributed by atoms with van der Waals surface area (Å²) < 4.78 is 20.0. The van der Waals surface area contributed by atoms with Crippen molar-refractivity contribution in [1.29, 1.82) is 0 Å². The van der Waals surface area contributed by atoms with Crippen molar-refractivity contribution in [3.63, 3.8) is 0 Å². The van der Waals surface area contributed by atoms with E-state index in [-0.39, 0.29) is 12.2 Å². The number of fused-ring (bicyclic) bond motifs is 1. The number of alkyl halides is 1. The molecule has 2 aromatic rings. The molecule has 0 atom stereocenters. The lowest BCUT2D eigenvalue weighted by atomic mass is 10.2. The number of carbonyl (C=O) groups is 1. The minimum absolute atomic E-state index is 0.150. The molecular formula is C16H20FN3O3. The van der Waals surface area contributed by atoms with Gasteiger partial charge in [-0.05, 0) is 32.0 Å². The minimum Gasteiger partial charge on any atom is -0.447 e. The van der Waals surface area contributed by atoms with Gasteiger partial charge < -0.3 is 4.74 Å². The maximum absolute atomic E-state index is 12.3. The number of aromatic nitrogens is 2. The van der Waals surface area contributed by atoms with Crippen molar-refractivity contribution in [2.75, 3.05) is 18.6 Å². The molecule has 0 fully saturated rings. The van der Waals surface area contributed by atoms with E-state index in [1.165, 1.54) is 4.68 Å². The fourth-order valence-electron chi connectivity index (χ4n) is 2.23. The van der Waals surface area contributed by atoms with E-state index in [9.17, 15) is 14.0 Å². The molecule has 1 amide bonds. The van der Waals surface area contributed by atoms with Crippen LogP contribution in [-0.4, -0.2) is 28.7 Å². The summed E-state index contributed by atoms with van der Waals surface area (Å²) in [4.78, 5) is 23.8. The molecule has 0 saturated heterocycles. The molecule has 0 spiro atoms. The van der Waals surface area contributed by atoms with Gasteiger partial charge in [0.1, 0.15) is 13.3 Å². The number of carbonyl (C=O) groups excluding carboxylic acids is 1. The molecule has 0 aliphatic rings. The van der Waals surface area contributed by atoms with Crippen molar-refractivity contribution in [3.05, 3.63) is 40.2 Å². The third-order valence-electron chi connectivity index (χ3n) is 3.39. The highest BCUT2D eigenvalue weighted by Gasteiger charge is 2.11. The Bertz CT molecular complexity index is 801. The monoisotopic (exact) mass is 321 g/mol. The highest BCUT2D eigenvalue weighted by atomic mass is 19.1. The van der Waals surface area contributed by atoms with E-state index < -0.39 is 12.8 Å². The molecule has 23 heavy (non-hydrogen) atoms. The molecule has 0 aliphatic heterocycles. The SMILES string of the molecule is CC(C)=CCn1c2ccc(NC(=O)OCCF)cc2c(=O)n1C. The molecule has 0 bridgehead atoms. The van der Waals surface area contributed by atoms with Crippen molar-refractivity contribution < 1.29 is 13.9 Å². The van der Waals surface area contributed by atoms with Gasteiger partial charge in [0, 0.05) is 12.7 Å². The van der Waals surface area contributed by atoms with E-state index in [1.54, 1.807) is 25.2 Å². The van der Waals surface area contributed by atoms with Crippen molar-refractivity contribution in [3.8, 4) is 0 Å². The molecule has 1 heterocycles. The number of amides is 1. The maximum Gasteiger partial charge on any atom is 0.411 e. The Morgan fingerprint density at radius 2 is 2.13 bits per heavy atom. The number of benzene rings is 1. The normalized spacial score (nSPS) is 10.6. The van der Waals surface area contributed by atoms with Crippen LogP contribution in [-0.2, 0) is 18.3 Å². The molecular weight excluding hydrogens is 301 g/mol. The standard InChI is InChI=1S/C16H20FN3O3/c1-11(2)6-8-20-14-5-4-12(18-16(22)23-9-7-17)10-13(14)15(21)19(20)3/h4-6,10H,7-9H2,1-3H3,(H,18,22). The van der Waals surface area contributed by atoms with E-state index in [1.807, 2.05) is 24.6 Å². The van der Waals surface area contributed by atoms with Crippen LogP contribution in [0.5, 0.6) is 0 Å². The Morgan fingerprint density at radius 3 is 2.78 bits per heavy atom. The fourth-order valence-corrected chi connectivity index (χ4v) is 2.23. The van der Waals surface area contributed by atoms with Gasteiger partial charge in [0.15, 0.2) is 0 Å². The second-order valence-corrected chi connectivity index (χ2v) is 5.37. The summed E-state index contributed by atoms with van der Waals surface area (Å²) >= 11 is 0. The van der Waals surface area contributed by atoms with Gasteiger partial charge >= 0.3 is 6.09 Å². The molecule has 1 N–H and O–H groups in total. The van der Waals surface area contributed by atoms with E-state index in [0.717, 1.165) is 11.1 Å². The Labute approximate surface area is 133 Å². The van der Waals surface area contributed by atoms with E-state index in [2.05, 4.69) is 10.1 Å². The quantitative estimate of drug-likeness (QED) is 0.861. The molecule has 7 heteroatoms. The first-order chi connectivity index (χ1) is 10.9. The van der Waals surface area contributed by atoms with Gasteiger partial charge in [-0.15, -0.1) is 0 Å². The molecule has 1 aromatic carbocycles. The fraction of sp³-hybridized carbons (Fsp3) is 0.375. The summed E-state index contributed by atoms with van der Waals surface area (Å²) in [6.07, 6.45) is 1.28. The van der Waals surface area contributed by atoms with E-state index >= 15 is 0 Å². The summed E-state index contributed by atoms with van der Waals surface area (Å²) in [5.41, 5.74) is 2.22. The summed E-state index contributed by atoms with van der Waals surface area (Å²) in [5, 5.41) is 2.98. The molecule has 0 radical (unpaired) electrons. The van der Waals surface area contributed by atoms with E-state index in [4.69, 9.17) is 0 Å². The number of ether oxygens (including phenoxy) is 1. The van der Waals surface area contributed by atoms with Crippen LogP contribution in [0.4, 0.5) is 14.9 Å². The highest BCUT2D eigenvalue weighted by molar-refractivity contribution is 5.89. The number of hydrogen-bond donors (Lipinski definition) is 1. The third-order valence-corrected chi connectivity index (χ3v) is 3.39. The van der Waals surface area contributed by atoms with Crippen molar-refractivity contribution >= 4 is 22.7 Å². The molecule has 2 rings (SSSR count). The molecule has 6 nitrogen and oxygen atoms in total. The number of anilines is 1. The second kappa shape index (κ2) is 7.13. The van der Waals surface area contributed by atoms with Gasteiger partial charge in [0.05, 0.1) is 17.4 Å². The van der Waals surface area contributed by atoms with Crippen LogP contribution in [0.3, 0.4) is 0 Å². The number of rotatable bonds is 5. The van der Waals surface area contributed by atoms with Crippen LogP contribution in [0, 0.1) is 0 Å². The van der Waals surface area contributed by atoms with Crippen molar-refractivity contribution in [2.45, 2.75) is 20.4 Å². The Hall–Kier alpha value is -2.57. The van der Waals surface area contributed by atoms with Crippen molar-refractivity contribution in [1.82, 2.24) is 9.36 Å². The van der Waals surface area contributed by atoms with Gasteiger partial charge in [0.25, 0.3) is 5.56 Å². The highest BCUT2D eigenvalue weighted by Crippen LogP contribution is 2.17. The first-order valence-electron chi connectivity index (χ1n) is 7.26. The smallest absolute Gasteiger partial charge is 0.411 e. The molecule has 0 unspecified atom stereocenters. The topological polar surface area (TPSA) is 65.3 Å². The molecule has 0 aliphatic carbocycles. The second-order valence-electron chi connectivity index (χ2n) is 5.37. The number of allylic oxidation sites excluding steroid dienone is 2. The lowest BCUT2D eigenvalue weighted by Crippen LogP contribution is -2.18. The predicted molar refractivity (Wildman–Crippen MR) is 87.6 cm³/mol. The molecule has 0 saturated carbocycles. The first kappa shape index (κ1) is 16.8. The van der Waals surface area contributed by atoms with Crippen molar-refractivity contribution in [2.24, 2.45) is 7.05 Å². The average molecular weight is 321 g/mol. The van der Waals surface area contributed by atoms with Gasteiger partial charge in [-0.1, -0.05) is 11.6 Å². The van der Waals surface area contributed by atoms with Crippen LogP contribution < -0.4 is 10.9 Å². The summed E-state index contributed by atoms with van der Waals surface area (Å²) in [7, 11) is 1.70. The van der Waals surface area contributed by atoms with Crippen LogP contribution in [0.15, 0.2) is 34.6 Å². The first-order valence-corrected chi connectivity index (χ1v) is 7.26. The zero-order valence-electron chi connectivity index (χ0n) is 13.4. The van der Waals surface area contributed by atoms with Gasteiger partial charge in [0.2, 0.25) is 0 Å². The number of nitrogens with zero attached hydrogens (tertiary/aromatic N) is 2. The molecule has 124 valence electrons. The zero-order chi connectivity index (χ0) is 17.0. The third kappa shape index (κ3) is 3.80. The van der Waals surface area contributed by atoms with Gasteiger partial charge in [-0.25, -0.2) is 9.18 Å². The Kier molecular flexibility index (Phi) is 5.20. The number of halogens is 1. The van der Waals surface area contributed by atoms with Gasteiger partial charge in [-0.2, -0.15) is 0 Å². The lowest BCUT2D eigenvalue weighted by Gasteiger charge is -2.07. The van der Waals surface area contributed by atoms with Crippen LogP contribution in [0.25, 0.3) is 10.9 Å². The summed E-state index contributed by atoms with van der Waals surface area (Å²) in [5.74, 6) is 0. The zero-order valence-corrected chi connectivity index (χ0v) is 13.4. The maximum atomic E-state index is 12.3. The summed E-state index contributed by atoms with van der Waals surface area (Å²) in [6.45, 7) is 3.54. The van der Waals surface area contributed by atoms with Crippen LogP contribution in [0.2, 0.25) is 0 Å².